The van der Waals surface area contributed by atoms with Crippen molar-refractivity contribution in [1.82, 2.24) is 4.90 Å². The highest BCUT2D eigenvalue weighted by Crippen LogP contribution is 2.32. The van der Waals surface area contributed by atoms with Crippen molar-refractivity contribution >= 4 is 17.4 Å². The molecule has 0 spiro atoms. The number of nitrogens with two attached hydrogens (primary N) is 1. The van der Waals surface area contributed by atoms with E-state index in [1.54, 1.807) is 24.3 Å². The molecule has 0 atom stereocenters. The van der Waals surface area contributed by atoms with Gasteiger partial charge in [-0.25, -0.2) is 8.78 Å². The summed E-state index contributed by atoms with van der Waals surface area (Å²) in [5.74, 6) is -0.562. The summed E-state index contributed by atoms with van der Waals surface area (Å²) in [7, 11) is 2.13. The van der Waals surface area contributed by atoms with Gasteiger partial charge in [0, 0.05) is 62.3 Å². The van der Waals surface area contributed by atoms with Crippen LogP contribution in [0.25, 0.3) is 11.1 Å². The van der Waals surface area contributed by atoms with Gasteiger partial charge in [0.15, 0.2) is 0 Å². The number of halogens is 2. The van der Waals surface area contributed by atoms with Crippen molar-refractivity contribution in [1.29, 1.82) is 0 Å². The van der Waals surface area contributed by atoms with Gasteiger partial charge < -0.3 is 25.4 Å². The van der Waals surface area contributed by atoms with Crippen LogP contribution in [0.2, 0.25) is 0 Å². The quantitative estimate of drug-likeness (QED) is 0.126. The maximum atomic E-state index is 14.2. The first kappa shape index (κ1) is 39.6. The number of phenolic OH excluding ortho intramolecular Hbond substituents is 1. The average molecular weight is 725 g/mol. The molecule has 2 aliphatic heterocycles. The molecule has 4 aromatic carbocycles. The number of hydrogen-bond acceptors (Lipinski definition) is 5. The molecule has 9 heteroatoms. The maximum Gasteiger partial charge on any atom is 0.279 e. The number of aromatic hydroxyl groups is 1. The lowest BCUT2D eigenvalue weighted by atomic mass is 9.88. The summed E-state index contributed by atoms with van der Waals surface area (Å²) in [5, 5.41) is 9.90. The Balaban J connectivity index is 0.000000693. The first-order valence-corrected chi connectivity index (χ1v) is 19.0. The Morgan fingerprint density at radius 3 is 2.04 bits per heavy atom. The Morgan fingerprint density at radius 2 is 1.45 bits per heavy atom. The number of amides is 1. The van der Waals surface area contributed by atoms with Gasteiger partial charge in [-0.2, -0.15) is 4.99 Å². The number of phenols is 1. The lowest BCUT2D eigenvalue weighted by molar-refractivity contribution is 0.0716. The number of hydrogen-bond donors (Lipinski definition) is 2. The van der Waals surface area contributed by atoms with E-state index in [1.807, 2.05) is 24.3 Å². The molecule has 2 heterocycles. The number of aliphatic imine (C=N–C) groups is 1. The van der Waals surface area contributed by atoms with Crippen LogP contribution in [0, 0.1) is 17.6 Å². The van der Waals surface area contributed by atoms with Crippen LogP contribution in [0.3, 0.4) is 0 Å². The number of piperazine rings is 1. The summed E-state index contributed by atoms with van der Waals surface area (Å²) in [6.45, 7) is 12.3. The molecule has 2 saturated heterocycles. The topological polar surface area (TPSA) is 91.4 Å². The third-order valence-corrected chi connectivity index (χ3v) is 10.1. The van der Waals surface area contributed by atoms with Gasteiger partial charge in [0.05, 0.1) is 0 Å². The van der Waals surface area contributed by atoms with E-state index in [0.717, 1.165) is 104 Å². The lowest BCUT2D eigenvalue weighted by Crippen LogP contribution is -2.44. The molecule has 7 nitrogen and oxygen atoms in total. The minimum Gasteiger partial charge on any atom is -0.508 e. The zero-order valence-electron chi connectivity index (χ0n) is 31.6. The average Bonchev–Trinajstić information content (AvgIpc) is 3.13. The first-order valence-electron chi connectivity index (χ1n) is 19.0. The lowest BCUT2D eigenvalue weighted by Gasteiger charge is -2.34. The van der Waals surface area contributed by atoms with Gasteiger partial charge >= 0.3 is 0 Å². The van der Waals surface area contributed by atoms with Gasteiger partial charge in [-0.3, -0.25) is 4.79 Å². The smallest absolute Gasteiger partial charge is 0.279 e. The molecule has 53 heavy (non-hydrogen) atoms. The van der Waals surface area contributed by atoms with Crippen molar-refractivity contribution in [3.05, 3.63) is 118 Å². The molecule has 0 unspecified atom stereocenters. The largest absolute Gasteiger partial charge is 0.508 e. The Kier molecular flexibility index (Phi) is 14.2. The number of carbonyl (C=O) groups excluding carboxylic acids is 1. The van der Waals surface area contributed by atoms with Crippen molar-refractivity contribution < 1.29 is 23.4 Å². The maximum absolute atomic E-state index is 14.2. The molecule has 0 aliphatic carbocycles. The first-order chi connectivity index (χ1) is 25.5. The number of carbonyl (C=O) groups is 1. The number of amidine groups is 1. The number of likely N-dealkylation sites (N-methyl/N-ethyl adjacent to an activating group) is 1. The van der Waals surface area contributed by atoms with E-state index in [0.29, 0.717) is 23.1 Å². The van der Waals surface area contributed by atoms with Gasteiger partial charge in [-0.05, 0) is 127 Å². The van der Waals surface area contributed by atoms with Crippen LogP contribution in [0.4, 0.5) is 14.5 Å². The van der Waals surface area contributed by atoms with Crippen LogP contribution < -0.4 is 10.6 Å². The van der Waals surface area contributed by atoms with E-state index < -0.39 is 17.5 Å². The second-order valence-corrected chi connectivity index (χ2v) is 14.4. The third kappa shape index (κ3) is 11.0. The highest BCUT2D eigenvalue weighted by atomic mass is 19.1. The van der Waals surface area contributed by atoms with Crippen molar-refractivity contribution in [3.63, 3.8) is 0 Å². The van der Waals surface area contributed by atoms with Crippen molar-refractivity contribution in [2.75, 3.05) is 51.3 Å². The standard InChI is InChI=1S/C38H42F2N4O2.C6H12O/c1-4-6-27-21-32(44-16-14-43(3)15-17-44)10-13-34(27)38(46)42-37(41)36-23-29(18-25-19-30(39)24-31(40)20-25)35(22-28(36)7-5-2)26-8-11-33(45)12-9-26;1-6-2-4-7-5-3-6/h8-13,19-24,45H,4-7,14-18H2,1-3H3,(H2,41,42,46);6H,2-5H2,1H3. The molecule has 1 amide bonds. The zero-order chi connectivity index (χ0) is 37.9. The molecule has 4 aromatic rings. The van der Waals surface area contributed by atoms with Crippen LogP contribution >= 0.6 is 0 Å². The van der Waals surface area contributed by atoms with Crippen LogP contribution in [-0.2, 0) is 24.0 Å². The molecule has 3 N–H and O–H groups in total. The van der Waals surface area contributed by atoms with Gasteiger partial charge in [-0.15, -0.1) is 0 Å². The zero-order valence-corrected chi connectivity index (χ0v) is 31.6. The summed E-state index contributed by atoms with van der Waals surface area (Å²) in [6, 6.07) is 20.1. The Morgan fingerprint density at radius 1 is 0.830 bits per heavy atom. The van der Waals surface area contributed by atoms with E-state index in [-0.39, 0.29) is 18.0 Å². The van der Waals surface area contributed by atoms with Crippen molar-refractivity contribution in [2.24, 2.45) is 16.6 Å². The Hall–Kier alpha value is -4.60. The molecule has 6 rings (SSSR count). The molecule has 282 valence electrons. The van der Waals surface area contributed by atoms with Crippen LogP contribution in [0.1, 0.15) is 84.6 Å². The molecule has 0 bridgehead atoms. The van der Waals surface area contributed by atoms with Gasteiger partial charge in [0.1, 0.15) is 23.2 Å². The number of nitrogens with zero attached hydrogens (tertiary/aromatic N) is 3. The SMILES string of the molecule is CC1CCOCC1.CCCc1cc(N2CCN(C)CC2)ccc1C(=O)N=C(N)c1cc(Cc2cc(F)cc(F)c2)c(-c2ccc(O)cc2)cc1CCC. The number of anilines is 1. The third-order valence-electron chi connectivity index (χ3n) is 10.1. The second-order valence-electron chi connectivity index (χ2n) is 14.4. The van der Waals surface area contributed by atoms with Gasteiger partial charge in [-0.1, -0.05) is 51.8 Å². The van der Waals surface area contributed by atoms with Gasteiger partial charge in [0.25, 0.3) is 5.91 Å². The fourth-order valence-electron chi connectivity index (χ4n) is 6.96. The normalized spacial score (nSPS) is 15.6. The molecule has 0 aromatic heterocycles. The molecule has 2 aliphatic rings. The number of benzene rings is 4. The highest BCUT2D eigenvalue weighted by molar-refractivity contribution is 6.10. The predicted molar refractivity (Wildman–Crippen MR) is 211 cm³/mol. The fourth-order valence-corrected chi connectivity index (χ4v) is 6.96. The fraction of sp³-hybridized carbons (Fsp3) is 0.409. The summed E-state index contributed by atoms with van der Waals surface area (Å²) >= 11 is 0. The van der Waals surface area contributed by atoms with Crippen LogP contribution in [0.15, 0.2) is 77.8 Å². The van der Waals surface area contributed by atoms with Crippen LogP contribution in [0.5, 0.6) is 5.75 Å². The molecular formula is C44H54F2N4O3. The van der Waals surface area contributed by atoms with E-state index in [9.17, 15) is 18.7 Å². The minimum atomic E-state index is -0.655. The number of rotatable bonds is 10. The van der Waals surface area contributed by atoms with E-state index in [2.05, 4.69) is 48.7 Å². The summed E-state index contributed by atoms with van der Waals surface area (Å²) in [4.78, 5) is 22.8. The Labute approximate surface area is 313 Å². The molecule has 2 fully saturated rings. The summed E-state index contributed by atoms with van der Waals surface area (Å²) in [6.07, 6.45) is 5.89. The second kappa shape index (κ2) is 18.9. The number of aryl methyl sites for hydroxylation is 2. The van der Waals surface area contributed by atoms with Gasteiger partial charge in [0.2, 0.25) is 0 Å². The molecule has 0 saturated carbocycles. The summed E-state index contributed by atoms with van der Waals surface area (Å²) < 4.78 is 33.5. The van der Waals surface area contributed by atoms with E-state index >= 15 is 0 Å². The monoisotopic (exact) mass is 724 g/mol. The molecular weight excluding hydrogens is 671 g/mol. The predicted octanol–water partition coefficient (Wildman–Crippen LogP) is 8.56. The van der Waals surface area contributed by atoms with E-state index in [4.69, 9.17) is 10.5 Å². The number of ether oxygens (including phenoxy) is 1. The van der Waals surface area contributed by atoms with Crippen molar-refractivity contribution in [2.45, 2.75) is 65.7 Å². The van der Waals surface area contributed by atoms with E-state index in [1.165, 1.54) is 25.0 Å². The van der Waals surface area contributed by atoms with Crippen LogP contribution in [-0.4, -0.2) is 68.2 Å². The highest BCUT2D eigenvalue weighted by Gasteiger charge is 2.20. The molecule has 0 radical (unpaired) electrons. The minimum absolute atomic E-state index is 0.1000. The van der Waals surface area contributed by atoms with Crippen molar-refractivity contribution in [3.8, 4) is 16.9 Å². The Bertz CT molecular complexity index is 1840. The summed E-state index contributed by atoms with van der Waals surface area (Å²) in [5.41, 5.74) is 13.7.